The summed E-state index contributed by atoms with van der Waals surface area (Å²) in [5.74, 6) is 0.165. The van der Waals surface area contributed by atoms with Gasteiger partial charge in [0, 0.05) is 49.1 Å². The first-order valence-corrected chi connectivity index (χ1v) is 12.3. The minimum absolute atomic E-state index is 0.140. The van der Waals surface area contributed by atoms with Crippen molar-refractivity contribution in [3.63, 3.8) is 0 Å². The van der Waals surface area contributed by atoms with Crippen molar-refractivity contribution < 1.29 is 13.6 Å². The highest BCUT2D eigenvalue weighted by Gasteiger charge is 2.21. The number of anilines is 3. The Hall–Kier alpha value is -3.78. The van der Waals surface area contributed by atoms with E-state index in [4.69, 9.17) is 0 Å². The van der Waals surface area contributed by atoms with E-state index in [1.165, 1.54) is 35.6 Å². The summed E-state index contributed by atoms with van der Waals surface area (Å²) in [6, 6.07) is 18.3. The number of aromatic nitrogens is 1. The molecule has 35 heavy (non-hydrogen) atoms. The second kappa shape index (κ2) is 10.2. The van der Waals surface area contributed by atoms with Gasteiger partial charge >= 0.3 is 0 Å². The topological polar surface area (TPSA) is 39.7 Å². The number of benzene rings is 2. The smallest absolute Gasteiger partial charge is 0.259 e. The molecule has 5 rings (SSSR count). The number of carbonyl (C=O) groups excluding carboxylic acids is 1. The van der Waals surface area contributed by atoms with Crippen LogP contribution in [0.25, 0.3) is 0 Å². The lowest BCUT2D eigenvalue weighted by Crippen LogP contribution is -2.46. The molecule has 2 aromatic heterocycles. The first kappa shape index (κ1) is 23.0. The van der Waals surface area contributed by atoms with Crippen LogP contribution in [0.4, 0.5) is 26.0 Å². The van der Waals surface area contributed by atoms with Crippen LogP contribution in [0.5, 0.6) is 0 Å². The highest BCUT2D eigenvalue weighted by molar-refractivity contribution is 7.08. The average Bonchev–Trinajstić information content (AvgIpc) is 3.44. The van der Waals surface area contributed by atoms with Gasteiger partial charge in [-0.15, -0.1) is 0 Å². The van der Waals surface area contributed by atoms with E-state index in [0.29, 0.717) is 17.8 Å². The third-order valence-electron chi connectivity index (χ3n) is 6.10. The van der Waals surface area contributed by atoms with Crippen LogP contribution in [0, 0.1) is 11.6 Å². The molecular formula is C27H24F2N4OS. The summed E-state index contributed by atoms with van der Waals surface area (Å²) < 4.78 is 26.7. The van der Waals surface area contributed by atoms with Crippen molar-refractivity contribution in [2.75, 3.05) is 40.9 Å². The molecule has 1 aliphatic heterocycles. The number of nitrogens with zero attached hydrogens (tertiary/aromatic N) is 4. The van der Waals surface area contributed by atoms with E-state index in [2.05, 4.69) is 14.8 Å². The van der Waals surface area contributed by atoms with E-state index in [-0.39, 0.29) is 17.5 Å². The number of hydrogen-bond acceptors (Lipinski definition) is 5. The summed E-state index contributed by atoms with van der Waals surface area (Å²) in [6.07, 6.45) is 1.79. The lowest BCUT2D eigenvalue weighted by molar-refractivity contribution is 0.0985. The Morgan fingerprint density at radius 2 is 1.51 bits per heavy atom. The molecule has 2 aromatic carbocycles. The number of piperazine rings is 1. The number of halogens is 2. The van der Waals surface area contributed by atoms with Gasteiger partial charge in [-0.2, -0.15) is 11.3 Å². The Morgan fingerprint density at radius 1 is 0.857 bits per heavy atom. The van der Waals surface area contributed by atoms with Gasteiger partial charge in [0.1, 0.15) is 17.5 Å². The zero-order valence-corrected chi connectivity index (χ0v) is 19.8. The fourth-order valence-corrected chi connectivity index (χ4v) is 4.80. The molecule has 1 amide bonds. The molecule has 0 atom stereocenters. The molecule has 1 saturated heterocycles. The summed E-state index contributed by atoms with van der Waals surface area (Å²) in [4.78, 5) is 23.9. The maximum atomic E-state index is 13.5. The quantitative estimate of drug-likeness (QED) is 0.353. The predicted octanol–water partition coefficient (Wildman–Crippen LogP) is 5.59. The van der Waals surface area contributed by atoms with E-state index >= 15 is 0 Å². The second-order valence-corrected chi connectivity index (χ2v) is 9.13. The molecule has 178 valence electrons. The third-order valence-corrected chi connectivity index (χ3v) is 6.78. The van der Waals surface area contributed by atoms with Crippen LogP contribution in [0.3, 0.4) is 0 Å². The van der Waals surface area contributed by atoms with Gasteiger partial charge in [0.25, 0.3) is 5.91 Å². The molecular weight excluding hydrogens is 466 g/mol. The number of rotatable bonds is 6. The molecule has 8 heteroatoms. The Labute approximate surface area is 206 Å². The van der Waals surface area contributed by atoms with E-state index < -0.39 is 0 Å². The second-order valence-electron chi connectivity index (χ2n) is 8.35. The normalized spacial score (nSPS) is 13.7. The molecule has 0 aliphatic carbocycles. The van der Waals surface area contributed by atoms with Crippen molar-refractivity contribution >= 4 is 34.4 Å². The Kier molecular flexibility index (Phi) is 6.72. The van der Waals surface area contributed by atoms with Crippen LogP contribution < -0.4 is 14.7 Å². The van der Waals surface area contributed by atoms with Gasteiger partial charge in [0.05, 0.1) is 12.1 Å². The van der Waals surface area contributed by atoms with Gasteiger partial charge in [-0.25, -0.2) is 13.8 Å². The summed E-state index contributed by atoms with van der Waals surface area (Å²) in [7, 11) is 0. The number of amides is 1. The van der Waals surface area contributed by atoms with Crippen molar-refractivity contribution in [3.8, 4) is 0 Å². The van der Waals surface area contributed by atoms with Gasteiger partial charge in [-0.3, -0.25) is 4.79 Å². The standard InChI is InChI=1S/C27H24F2N4OS/c28-22-2-6-24(7-3-22)31-12-14-32(15-13-31)26-10-1-20(17-30-26)18-33(25-8-4-23(29)5-9-25)27(34)21-11-16-35-19-21/h1-11,16-17,19H,12-15,18H2. The zero-order valence-electron chi connectivity index (χ0n) is 19.0. The molecule has 0 saturated carbocycles. The SMILES string of the molecule is O=C(c1ccsc1)N(Cc1ccc(N2CCN(c3ccc(F)cc3)CC2)nc1)c1ccc(F)cc1. The maximum absolute atomic E-state index is 13.5. The van der Waals surface area contributed by atoms with E-state index in [0.717, 1.165) is 43.2 Å². The van der Waals surface area contributed by atoms with Crippen LogP contribution in [-0.4, -0.2) is 37.1 Å². The number of thiophene rings is 1. The van der Waals surface area contributed by atoms with Crippen molar-refractivity contribution in [1.82, 2.24) is 4.98 Å². The molecule has 1 aliphatic rings. The van der Waals surface area contributed by atoms with Crippen molar-refractivity contribution in [3.05, 3.63) is 106 Å². The summed E-state index contributed by atoms with van der Waals surface area (Å²) in [5, 5.41) is 3.67. The van der Waals surface area contributed by atoms with Gasteiger partial charge in [0.2, 0.25) is 0 Å². The van der Waals surface area contributed by atoms with Crippen LogP contribution in [0.15, 0.2) is 83.7 Å². The van der Waals surface area contributed by atoms with Crippen LogP contribution >= 0.6 is 11.3 Å². The average molecular weight is 491 g/mol. The van der Waals surface area contributed by atoms with Gasteiger partial charge < -0.3 is 14.7 Å². The molecule has 0 radical (unpaired) electrons. The van der Waals surface area contributed by atoms with Crippen LogP contribution in [-0.2, 0) is 6.54 Å². The summed E-state index contributed by atoms with van der Waals surface area (Å²) in [5.41, 5.74) is 3.13. The molecule has 3 heterocycles. The molecule has 0 unspecified atom stereocenters. The van der Waals surface area contributed by atoms with E-state index in [9.17, 15) is 13.6 Å². The maximum Gasteiger partial charge on any atom is 0.259 e. The minimum Gasteiger partial charge on any atom is -0.368 e. The highest BCUT2D eigenvalue weighted by Crippen LogP contribution is 2.24. The van der Waals surface area contributed by atoms with Crippen molar-refractivity contribution in [2.45, 2.75) is 6.54 Å². The number of carbonyl (C=O) groups is 1. The fraction of sp³-hybridized carbons (Fsp3) is 0.185. The van der Waals surface area contributed by atoms with Crippen LogP contribution in [0.2, 0.25) is 0 Å². The molecule has 1 fully saturated rings. The Bertz CT molecular complexity index is 1250. The first-order chi connectivity index (χ1) is 17.1. The van der Waals surface area contributed by atoms with Gasteiger partial charge in [-0.05, 0) is 71.6 Å². The van der Waals surface area contributed by atoms with Crippen molar-refractivity contribution in [2.24, 2.45) is 0 Å². The minimum atomic E-state index is -0.345. The fourth-order valence-electron chi connectivity index (χ4n) is 4.17. The first-order valence-electron chi connectivity index (χ1n) is 11.4. The Balaban J connectivity index is 1.27. The predicted molar refractivity (Wildman–Crippen MR) is 136 cm³/mol. The molecule has 0 N–H and O–H groups in total. The van der Waals surface area contributed by atoms with Crippen molar-refractivity contribution in [1.29, 1.82) is 0 Å². The Morgan fingerprint density at radius 3 is 2.11 bits per heavy atom. The zero-order chi connectivity index (χ0) is 24.2. The number of pyridine rings is 1. The summed E-state index contributed by atoms with van der Waals surface area (Å²) >= 11 is 1.46. The number of hydrogen-bond donors (Lipinski definition) is 0. The van der Waals surface area contributed by atoms with Gasteiger partial charge in [-0.1, -0.05) is 6.07 Å². The molecule has 0 spiro atoms. The van der Waals surface area contributed by atoms with E-state index in [1.54, 1.807) is 29.3 Å². The molecule has 4 aromatic rings. The van der Waals surface area contributed by atoms with Crippen LogP contribution in [0.1, 0.15) is 15.9 Å². The lowest BCUT2D eigenvalue weighted by atomic mass is 10.2. The largest absolute Gasteiger partial charge is 0.368 e. The lowest BCUT2D eigenvalue weighted by Gasteiger charge is -2.36. The highest BCUT2D eigenvalue weighted by atomic mass is 32.1. The van der Waals surface area contributed by atoms with Gasteiger partial charge in [0.15, 0.2) is 0 Å². The summed E-state index contributed by atoms with van der Waals surface area (Å²) in [6.45, 7) is 3.58. The molecule has 0 bridgehead atoms. The monoisotopic (exact) mass is 490 g/mol. The van der Waals surface area contributed by atoms with E-state index in [1.807, 2.05) is 35.0 Å². The molecule has 5 nitrogen and oxygen atoms in total. The third kappa shape index (κ3) is 5.33.